The number of amides is 1. The van der Waals surface area contributed by atoms with E-state index in [9.17, 15) is 4.79 Å². The lowest BCUT2D eigenvalue weighted by Crippen LogP contribution is -2.42. The molecule has 0 aliphatic rings. The molecule has 0 saturated carbocycles. The van der Waals surface area contributed by atoms with Crippen LogP contribution in [0.25, 0.3) is 0 Å². The molecule has 1 rings (SSSR count). The van der Waals surface area contributed by atoms with Gasteiger partial charge in [0, 0.05) is 18.0 Å². The Labute approximate surface area is 128 Å². The molecule has 5 nitrogen and oxygen atoms in total. The smallest absolute Gasteiger partial charge is 0.293 e. The van der Waals surface area contributed by atoms with Crippen LogP contribution in [-0.2, 0) is 5.41 Å². The van der Waals surface area contributed by atoms with Crippen molar-refractivity contribution < 1.29 is 4.79 Å². The molecule has 1 heterocycles. The Bertz CT molecular complexity index is 455. The normalized spacial score (nSPS) is 12.2. The van der Waals surface area contributed by atoms with E-state index in [1.54, 1.807) is 0 Å². The molecule has 5 heteroatoms. The quantitative estimate of drug-likeness (QED) is 0.874. The van der Waals surface area contributed by atoms with Crippen molar-refractivity contribution in [2.45, 2.75) is 72.8 Å². The Morgan fingerprint density at radius 3 is 2.19 bits per heavy atom. The third kappa shape index (κ3) is 4.55. The standard InChI is InChI=1S/C16H30N4O/c1-8-12(9-2)20(10-11(3)4)14(21)13-17-15(19-18-13)16(5,6)7/h11-12H,8-10H2,1-7H3,(H,17,18,19). The monoisotopic (exact) mass is 294 g/mol. The van der Waals surface area contributed by atoms with Crippen molar-refractivity contribution in [2.75, 3.05) is 6.54 Å². The second-order valence-electron chi connectivity index (χ2n) is 7.08. The van der Waals surface area contributed by atoms with Crippen molar-refractivity contribution in [1.82, 2.24) is 20.1 Å². The molecule has 0 aliphatic carbocycles. The maximum atomic E-state index is 12.8. The van der Waals surface area contributed by atoms with Crippen molar-refractivity contribution >= 4 is 5.91 Å². The number of nitrogens with one attached hydrogen (secondary N) is 1. The maximum Gasteiger partial charge on any atom is 0.293 e. The van der Waals surface area contributed by atoms with Crippen molar-refractivity contribution in [3.05, 3.63) is 11.6 Å². The molecule has 0 bridgehead atoms. The molecule has 0 saturated heterocycles. The fourth-order valence-electron chi connectivity index (χ4n) is 2.34. The Kier molecular flexibility index (Phi) is 5.93. The summed E-state index contributed by atoms with van der Waals surface area (Å²) in [6.45, 7) is 15.4. The number of hydrogen-bond acceptors (Lipinski definition) is 3. The number of hydrogen-bond donors (Lipinski definition) is 1. The number of carbonyl (C=O) groups excluding carboxylic acids is 1. The second-order valence-corrected chi connectivity index (χ2v) is 7.08. The molecule has 0 spiro atoms. The topological polar surface area (TPSA) is 61.9 Å². The van der Waals surface area contributed by atoms with Crippen LogP contribution in [0.3, 0.4) is 0 Å². The molecule has 0 atom stereocenters. The summed E-state index contributed by atoms with van der Waals surface area (Å²) in [5, 5.41) is 7.04. The minimum Gasteiger partial charge on any atom is -0.333 e. The van der Waals surface area contributed by atoms with Crippen LogP contribution in [0.5, 0.6) is 0 Å². The molecular formula is C16H30N4O. The van der Waals surface area contributed by atoms with Crippen molar-refractivity contribution in [3.63, 3.8) is 0 Å². The number of aromatic amines is 1. The van der Waals surface area contributed by atoms with E-state index >= 15 is 0 Å². The lowest BCUT2D eigenvalue weighted by molar-refractivity contribution is 0.0628. The van der Waals surface area contributed by atoms with Crippen LogP contribution >= 0.6 is 0 Å². The Hall–Kier alpha value is -1.39. The highest BCUT2D eigenvalue weighted by Crippen LogP contribution is 2.19. The van der Waals surface area contributed by atoms with Crippen LogP contribution in [0.2, 0.25) is 0 Å². The van der Waals surface area contributed by atoms with Gasteiger partial charge in [-0.3, -0.25) is 9.89 Å². The van der Waals surface area contributed by atoms with Gasteiger partial charge in [0.2, 0.25) is 5.82 Å². The van der Waals surface area contributed by atoms with Gasteiger partial charge in [-0.15, -0.1) is 5.10 Å². The number of nitrogens with zero attached hydrogens (tertiary/aromatic N) is 3. The molecule has 21 heavy (non-hydrogen) atoms. The molecular weight excluding hydrogens is 264 g/mol. The van der Waals surface area contributed by atoms with Gasteiger partial charge in [-0.05, 0) is 18.8 Å². The van der Waals surface area contributed by atoms with Gasteiger partial charge in [0.05, 0.1) is 0 Å². The van der Waals surface area contributed by atoms with E-state index in [1.165, 1.54) is 0 Å². The number of rotatable bonds is 6. The Balaban J connectivity index is 3.02. The first kappa shape index (κ1) is 17.7. The average molecular weight is 294 g/mol. The highest BCUT2D eigenvalue weighted by Gasteiger charge is 2.28. The molecule has 0 aromatic carbocycles. The van der Waals surface area contributed by atoms with Crippen molar-refractivity contribution in [3.8, 4) is 0 Å². The highest BCUT2D eigenvalue weighted by molar-refractivity contribution is 5.90. The molecule has 1 N–H and O–H groups in total. The predicted molar refractivity (Wildman–Crippen MR) is 85.3 cm³/mol. The highest BCUT2D eigenvalue weighted by atomic mass is 16.2. The summed E-state index contributed by atoms with van der Waals surface area (Å²) in [6, 6.07) is 0.247. The molecule has 1 aromatic rings. The van der Waals surface area contributed by atoms with Gasteiger partial charge >= 0.3 is 0 Å². The van der Waals surface area contributed by atoms with Gasteiger partial charge in [-0.2, -0.15) is 0 Å². The minimum absolute atomic E-state index is 0.0656. The molecule has 1 amide bonds. The van der Waals surface area contributed by atoms with E-state index in [0.29, 0.717) is 5.92 Å². The van der Waals surface area contributed by atoms with Crippen LogP contribution in [0.15, 0.2) is 0 Å². The first-order chi connectivity index (χ1) is 9.70. The van der Waals surface area contributed by atoms with E-state index in [2.05, 4.69) is 63.6 Å². The van der Waals surface area contributed by atoms with Crippen LogP contribution in [0.4, 0.5) is 0 Å². The number of H-pyrrole nitrogens is 1. The summed E-state index contributed by atoms with van der Waals surface area (Å²) in [7, 11) is 0. The van der Waals surface area contributed by atoms with Gasteiger partial charge in [0.15, 0.2) is 0 Å². The summed E-state index contributed by atoms with van der Waals surface area (Å²) in [5.41, 5.74) is -0.136. The van der Waals surface area contributed by atoms with Gasteiger partial charge in [-0.25, -0.2) is 4.98 Å². The Morgan fingerprint density at radius 2 is 1.81 bits per heavy atom. The lowest BCUT2D eigenvalue weighted by atomic mass is 9.96. The van der Waals surface area contributed by atoms with Crippen LogP contribution < -0.4 is 0 Å². The number of aromatic nitrogens is 3. The summed E-state index contributed by atoms with van der Waals surface area (Å²) < 4.78 is 0. The van der Waals surface area contributed by atoms with E-state index in [4.69, 9.17) is 0 Å². The van der Waals surface area contributed by atoms with Crippen molar-refractivity contribution in [1.29, 1.82) is 0 Å². The van der Waals surface area contributed by atoms with Crippen LogP contribution in [0.1, 0.15) is 77.8 Å². The summed E-state index contributed by atoms with van der Waals surface area (Å²) >= 11 is 0. The van der Waals surface area contributed by atoms with Gasteiger partial charge in [0.25, 0.3) is 5.91 Å². The zero-order chi connectivity index (χ0) is 16.2. The second kappa shape index (κ2) is 7.05. The average Bonchev–Trinajstić information content (AvgIpc) is 2.87. The zero-order valence-corrected chi connectivity index (χ0v) is 14.5. The SMILES string of the molecule is CCC(CC)N(CC(C)C)C(=O)c1n[nH]c(C(C)(C)C)n1. The summed E-state index contributed by atoms with van der Waals surface area (Å²) in [6.07, 6.45) is 1.90. The van der Waals surface area contributed by atoms with E-state index in [0.717, 1.165) is 25.2 Å². The fourth-order valence-corrected chi connectivity index (χ4v) is 2.34. The first-order valence-corrected chi connectivity index (χ1v) is 7.94. The van der Waals surface area contributed by atoms with Crippen molar-refractivity contribution in [2.24, 2.45) is 5.92 Å². The first-order valence-electron chi connectivity index (χ1n) is 7.94. The zero-order valence-electron chi connectivity index (χ0n) is 14.5. The summed E-state index contributed by atoms with van der Waals surface area (Å²) in [4.78, 5) is 19.1. The number of carbonyl (C=O) groups is 1. The van der Waals surface area contributed by atoms with Crippen LogP contribution in [0, 0.1) is 5.92 Å². The van der Waals surface area contributed by atoms with Crippen LogP contribution in [-0.4, -0.2) is 38.6 Å². The van der Waals surface area contributed by atoms with E-state index < -0.39 is 0 Å². The largest absolute Gasteiger partial charge is 0.333 e. The molecule has 1 aromatic heterocycles. The van der Waals surface area contributed by atoms with Gasteiger partial charge in [0.1, 0.15) is 5.82 Å². The molecule has 120 valence electrons. The minimum atomic E-state index is -0.136. The molecule has 0 radical (unpaired) electrons. The van der Waals surface area contributed by atoms with E-state index in [1.807, 2.05) is 4.90 Å². The van der Waals surface area contributed by atoms with Gasteiger partial charge < -0.3 is 4.90 Å². The van der Waals surface area contributed by atoms with E-state index in [-0.39, 0.29) is 23.2 Å². The molecule has 0 fully saturated rings. The fraction of sp³-hybridized carbons (Fsp3) is 0.812. The third-order valence-electron chi connectivity index (χ3n) is 3.59. The lowest BCUT2D eigenvalue weighted by Gasteiger charge is -2.31. The molecule has 0 unspecified atom stereocenters. The maximum absolute atomic E-state index is 12.8. The molecule has 0 aliphatic heterocycles. The predicted octanol–water partition coefficient (Wildman–Crippen LogP) is 3.39. The third-order valence-corrected chi connectivity index (χ3v) is 3.59. The summed E-state index contributed by atoms with van der Waals surface area (Å²) in [5.74, 6) is 1.40. The Morgan fingerprint density at radius 1 is 1.24 bits per heavy atom. The van der Waals surface area contributed by atoms with Gasteiger partial charge in [-0.1, -0.05) is 48.5 Å².